The molecular formula is C10H19N3S. The first kappa shape index (κ1) is 11.6. The van der Waals surface area contributed by atoms with Crippen molar-refractivity contribution in [1.29, 1.82) is 0 Å². The molecule has 0 saturated heterocycles. The molecule has 1 atom stereocenters. The van der Waals surface area contributed by atoms with E-state index < -0.39 is 0 Å². The first-order valence-corrected chi connectivity index (χ1v) is 5.97. The Balaban J connectivity index is 2.28. The van der Waals surface area contributed by atoms with Gasteiger partial charge < -0.3 is 11.1 Å². The summed E-state index contributed by atoms with van der Waals surface area (Å²) in [4.78, 5) is 5.59. The van der Waals surface area contributed by atoms with E-state index >= 15 is 0 Å². The van der Waals surface area contributed by atoms with Crippen LogP contribution in [0.5, 0.6) is 0 Å². The quantitative estimate of drug-likeness (QED) is 0.709. The molecule has 1 aromatic heterocycles. The van der Waals surface area contributed by atoms with Gasteiger partial charge in [0, 0.05) is 10.9 Å². The Morgan fingerprint density at radius 2 is 2.36 bits per heavy atom. The fourth-order valence-corrected chi connectivity index (χ4v) is 2.24. The maximum atomic E-state index is 5.43. The number of nitrogens with two attached hydrogens (primary N) is 1. The minimum atomic E-state index is 0.417. The van der Waals surface area contributed by atoms with Crippen molar-refractivity contribution in [3.05, 3.63) is 16.1 Å². The van der Waals surface area contributed by atoms with Crippen LogP contribution < -0.4 is 11.1 Å². The van der Waals surface area contributed by atoms with Crippen LogP contribution >= 0.6 is 11.3 Å². The molecule has 0 amide bonds. The minimum absolute atomic E-state index is 0.417. The standard InChI is InChI=1S/C10H19N3S/c1-8(12-6-4-3-5-11)10-9(2)13-7-14-10/h7-8,12H,3-6,11H2,1-2H3. The van der Waals surface area contributed by atoms with E-state index in [-0.39, 0.29) is 0 Å². The highest BCUT2D eigenvalue weighted by Gasteiger charge is 2.09. The number of hydrogen-bond acceptors (Lipinski definition) is 4. The van der Waals surface area contributed by atoms with Crippen LogP contribution in [0.2, 0.25) is 0 Å². The maximum Gasteiger partial charge on any atom is 0.0798 e. The van der Waals surface area contributed by atoms with Gasteiger partial charge in [0.1, 0.15) is 0 Å². The van der Waals surface area contributed by atoms with Gasteiger partial charge in [-0.2, -0.15) is 0 Å². The lowest BCUT2D eigenvalue weighted by atomic mass is 10.2. The van der Waals surface area contributed by atoms with Crippen LogP contribution in [0, 0.1) is 6.92 Å². The third-order valence-corrected chi connectivity index (χ3v) is 3.37. The lowest BCUT2D eigenvalue weighted by molar-refractivity contribution is 0.552. The molecule has 3 N–H and O–H groups in total. The van der Waals surface area contributed by atoms with Crippen LogP contribution in [0.1, 0.15) is 36.4 Å². The van der Waals surface area contributed by atoms with E-state index in [2.05, 4.69) is 24.1 Å². The van der Waals surface area contributed by atoms with Crippen LogP contribution in [0.4, 0.5) is 0 Å². The number of unbranched alkanes of at least 4 members (excludes halogenated alkanes) is 1. The molecule has 0 aromatic carbocycles. The molecule has 80 valence electrons. The van der Waals surface area contributed by atoms with Crippen LogP contribution in [-0.2, 0) is 0 Å². The maximum absolute atomic E-state index is 5.43. The van der Waals surface area contributed by atoms with Gasteiger partial charge in [-0.1, -0.05) is 0 Å². The molecule has 0 spiro atoms. The summed E-state index contributed by atoms with van der Waals surface area (Å²) in [5.74, 6) is 0. The molecule has 4 heteroatoms. The molecule has 0 radical (unpaired) electrons. The van der Waals surface area contributed by atoms with Crippen LogP contribution in [0.3, 0.4) is 0 Å². The zero-order chi connectivity index (χ0) is 10.4. The highest BCUT2D eigenvalue weighted by Crippen LogP contribution is 2.20. The van der Waals surface area contributed by atoms with Crippen molar-refractivity contribution in [2.75, 3.05) is 13.1 Å². The fraction of sp³-hybridized carbons (Fsp3) is 0.700. The van der Waals surface area contributed by atoms with Crippen LogP contribution in [0.25, 0.3) is 0 Å². The zero-order valence-corrected chi connectivity index (χ0v) is 9.73. The van der Waals surface area contributed by atoms with Crippen molar-refractivity contribution in [1.82, 2.24) is 10.3 Å². The average molecular weight is 213 g/mol. The Kier molecular flexibility index (Phi) is 5.07. The van der Waals surface area contributed by atoms with Crippen LogP contribution in [-0.4, -0.2) is 18.1 Å². The molecule has 1 unspecified atom stereocenters. The molecule has 0 aliphatic heterocycles. The molecule has 0 aliphatic carbocycles. The first-order valence-electron chi connectivity index (χ1n) is 5.09. The van der Waals surface area contributed by atoms with Crippen molar-refractivity contribution < 1.29 is 0 Å². The summed E-state index contributed by atoms with van der Waals surface area (Å²) in [5.41, 5.74) is 8.48. The molecule has 3 nitrogen and oxygen atoms in total. The number of aromatic nitrogens is 1. The van der Waals surface area contributed by atoms with Gasteiger partial charge in [0.15, 0.2) is 0 Å². The number of nitrogens with zero attached hydrogens (tertiary/aromatic N) is 1. The molecule has 0 bridgehead atoms. The monoisotopic (exact) mass is 213 g/mol. The number of hydrogen-bond donors (Lipinski definition) is 2. The first-order chi connectivity index (χ1) is 6.75. The van der Waals surface area contributed by atoms with E-state index in [1.807, 2.05) is 5.51 Å². The SMILES string of the molecule is Cc1ncsc1C(C)NCCCCN. The summed E-state index contributed by atoms with van der Waals surface area (Å²) in [7, 11) is 0. The van der Waals surface area contributed by atoms with Gasteiger partial charge in [-0.05, 0) is 39.8 Å². The van der Waals surface area contributed by atoms with Gasteiger partial charge in [-0.3, -0.25) is 0 Å². The van der Waals surface area contributed by atoms with Gasteiger partial charge >= 0.3 is 0 Å². The topological polar surface area (TPSA) is 50.9 Å². The summed E-state index contributed by atoms with van der Waals surface area (Å²) in [6, 6.07) is 0.417. The molecule has 0 aliphatic rings. The summed E-state index contributed by atoms with van der Waals surface area (Å²) in [6.07, 6.45) is 2.25. The Labute approximate surface area is 89.7 Å². The lowest BCUT2D eigenvalue weighted by Gasteiger charge is -2.12. The van der Waals surface area contributed by atoms with E-state index in [1.54, 1.807) is 11.3 Å². The van der Waals surface area contributed by atoms with Crippen molar-refractivity contribution in [3.8, 4) is 0 Å². The molecule has 1 heterocycles. The summed E-state index contributed by atoms with van der Waals surface area (Å²) in [5, 5.41) is 3.48. The van der Waals surface area contributed by atoms with Gasteiger partial charge in [-0.25, -0.2) is 4.98 Å². The molecule has 0 saturated carbocycles. The molecule has 1 aromatic rings. The lowest BCUT2D eigenvalue weighted by Crippen LogP contribution is -2.20. The third-order valence-electron chi connectivity index (χ3n) is 2.26. The van der Waals surface area contributed by atoms with E-state index in [0.29, 0.717) is 6.04 Å². The Bertz CT molecular complexity index is 260. The highest BCUT2D eigenvalue weighted by molar-refractivity contribution is 7.09. The second kappa shape index (κ2) is 6.11. The normalized spacial score (nSPS) is 13.1. The van der Waals surface area contributed by atoms with Crippen molar-refractivity contribution >= 4 is 11.3 Å². The van der Waals surface area contributed by atoms with Gasteiger partial charge in [0.05, 0.1) is 11.2 Å². The van der Waals surface area contributed by atoms with E-state index in [4.69, 9.17) is 5.73 Å². The Morgan fingerprint density at radius 1 is 1.57 bits per heavy atom. The molecule has 14 heavy (non-hydrogen) atoms. The van der Waals surface area contributed by atoms with E-state index in [1.165, 1.54) is 4.88 Å². The van der Waals surface area contributed by atoms with Crippen molar-refractivity contribution in [2.24, 2.45) is 5.73 Å². The number of rotatable bonds is 6. The molecular weight excluding hydrogens is 194 g/mol. The molecule has 0 fully saturated rings. The molecule has 1 rings (SSSR count). The highest BCUT2D eigenvalue weighted by atomic mass is 32.1. The van der Waals surface area contributed by atoms with Gasteiger partial charge in [0.2, 0.25) is 0 Å². The smallest absolute Gasteiger partial charge is 0.0798 e. The summed E-state index contributed by atoms with van der Waals surface area (Å²) < 4.78 is 0. The van der Waals surface area contributed by atoms with Gasteiger partial charge in [0.25, 0.3) is 0 Å². The van der Waals surface area contributed by atoms with Crippen LogP contribution in [0.15, 0.2) is 5.51 Å². The fourth-order valence-electron chi connectivity index (χ4n) is 1.41. The zero-order valence-electron chi connectivity index (χ0n) is 8.92. The third kappa shape index (κ3) is 3.36. The average Bonchev–Trinajstić information content (AvgIpc) is 2.59. The minimum Gasteiger partial charge on any atom is -0.330 e. The summed E-state index contributed by atoms with van der Waals surface area (Å²) in [6.45, 7) is 6.07. The van der Waals surface area contributed by atoms with E-state index in [9.17, 15) is 0 Å². The largest absolute Gasteiger partial charge is 0.330 e. The second-order valence-electron chi connectivity index (χ2n) is 3.47. The summed E-state index contributed by atoms with van der Waals surface area (Å²) >= 11 is 1.72. The second-order valence-corrected chi connectivity index (χ2v) is 4.36. The number of thiazole rings is 1. The predicted molar refractivity (Wildman–Crippen MR) is 61.6 cm³/mol. The van der Waals surface area contributed by atoms with E-state index in [0.717, 1.165) is 31.6 Å². The number of aryl methyl sites for hydroxylation is 1. The van der Waals surface area contributed by atoms with Crippen molar-refractivity contribution in [2.45, 2.75) is 32.7 Å². The van der Waals surface area contributed by atoms with Crippen molar-refractivity contribution in [3.63, 3.8) is 0 Å². The predicted octanol–water partition coefficient (Wildman–Crippen LogP) is 1.84. The number of nitrogens with one attached hydrogen (secondary N) is 1. The Hall–Kier alpha value is -0.450. The Morgan fingerprint density at radius 3 is 2.93 bits per heavy atom. The van der Waals surface area contributed by atoms with Gasteiger partial charge in [-0.15, -0.1) is 11.3 Å².